The number of hydrogen-bond donors (Lipinski definition) is 1. The highest BCUT2D eigenvalue weighted by atomic mass is 35.5. The normalized spacial score (nSPS) is 17.1. The maximum absolute atomic E-state index is 14.1. The van der Waals surface area contributed by atoms with Crippen molar-refractivity contribution in [3.63, 3.8) is 0 Å². The summed E-state index contributed by atoms with van der Waals surface area (Å²) in [6.07, 6.45) is 0. The first-order valence-corrected chi connectivity index (χ1v) is 10.9. The van der Waals surface area contributed by atoms with Gasteiger partial charge < -0.3 is 14.7 Å². The smallest absolute Gasteiger partial charge is 0.300 e. The van der Waals surface area contributed by atoms with Crippen LogP contribution in [0.5, 0.6) is 5.75 Å². The molecule has 35 heavy (non-hydrogen) atoms. The molecule has 1 N–H and O–H groups in total. The number of ether oxygens (including phenoxy) is 1. The number of rotatable bonds is 5. The van der Waals surface area contributed by atoms with Crippen LogP contribution < -0.4 is 14.5 Å². The fraction of sp³-hybridized carbons (Fsp3) is 0.154. The van der Waals surface area contributed by atoms with Crippen LogP contribution >= 0.6 is 11.6 Å². The van der Waals surface area contributed by atoms with E-state index in [0.29, 0.717) is 11.3 Å². The van der Waals surface area contributed by atoms with Gasteiger partial charge in [-0.1, -0.05) is 23.7 Å². The van der Waals surface area contributed by atoms with Crippen molar-refractivity contribution in [2.45, 2.75) is 6.04 Å². The van der Waals surface area contributed by atoms with Crippen molar-refractivity contribution in [2.24, 2.45) is 0 Å². The number of nitrogens with zero attached hydrogens (tertiary/aromatic N) is 2. The number of amides is 1. The second-order valence-electron chi connectivity index (χ2n) is 8.10. The van der Waals surface area contributed by atoms with Crippen molar-refractivity contribution in [1.29, 1.82) is 0 Å². The van der Waals surface area contributed by atoms with Crippen LogP contribution in [0.4, 0.5) is 20.2 Å². The molecule has 0 saturated carbocycles. The molecule has 3 aromatic carbocycles. The molecule has 0 spiro atoms. The van der Waals surface area contributed by atoms with Gasteiger partial charge in [0, 0.05) is 37.1 Å². The first kappa shape index (κ1) is 24.2. The summed E-state index contributed by atoms with van der Waals surface area (Å²) in [6.45, 7) is 0. The lowest BCUT2D eigenvalue weighted by atomic mass is 9.94. The Morgan fingerprint density at radius 1 is 1.00 bits per heavy atom. The zero-order valence-corrected chi connectivity index (χ0v) is 19.8. The molecule has 6 nitrogen and oxygen atoms in total. The first-order chi connectivity index (χ1) is 16.6. The van der Waals surface area contributed by atoms with Gasteiger partial charge in [0.05, 0.1) is 23.7 Å². The fourth-order valence-corrected chi connectivity index (χ4v) is 4.17. The number of benzene rings is 3. The number of anilines is 2. The summed E-state index contributed by atoms with van der Waals surface area (Å²) >= 11 is 6.30. The van der Waals surface area contributed by atoms with Gasteiger partial charge in [-0.05, 0) is 48.0 Å². The zero-order chi connectivity index (χ0) is 25.4. The molecular formula is C26H21ClF2N2O4. The lowest BCUT2D eigenvalue weighted by Crippen LogP contribution is -2.29. The molecule has 1 fully saturated rings. The number of hydrogen-bond acceptors (Lipinski definition) is 5. The van der Waals surface area contributed by atoms with Gasteiger partial charge in [-0.3, -0.25) is 14.5 Å². The van der Waals surface area contributed by atoms with E-state index < -0.39 is 35.1 Å². The second kappa shape index (κ2) is 9.38. The Bertz CT molecular complexity index is 1360. The molecule has 1 heterocycles. The minimum atomic E-state index is -1.18. The highest BCUT2D eigenvalue weighted by Crippen LogP contribution is 2.43. The van der Waals surface area contributed by atoms with E-state index in [0.717, 1.165) is 22.7 Å². The molecule has 1 saturated heterocycles. The van der Waals surface area contributed by atoms with Gasteiger partial charge in [0.2, 0.25) is 0 Å². The Morgan fingerprint density at radius 2 is 1.69 bits per heavy atom. The van der Waals surface area contributed by atoms with Crippen LogP contribution in [0.25, 0.3) is 5.76 Å². The number of carbonyl (C=O) groups excluding carboxylic acids is 2. The molecule has 4 rings (SSSR count). The third-order valence-electron chi connectivity index (χ3n) is 5.78. The van der Waals surface area contributed by atoms with Gasteiger partial charge in [0.15, 0.2) is 11.6 Å². The second-order valence-corrected chi connectivity index (χ2v) is 8.51. The Balaban J connectivity index is 1.97. The van der Waals surface area contributed by atoms with Crippen LogP contribution in [0.3, 0.4) is 0 Å². The minimum absolute atomic E-state index is 0.0384. The van der Waals surface area contributed by atoms with Crippen LogP contribution in [-0.4, -0.2) is 38.0 Å². The summed E-state index contributed by atoms with van der Waals surface area (Å²) < 4.78 is 32.9. The van der Waals surface area contributed by atoms with E-state index in [-0.39, 0.29) is 21.8 Å². The summed E-state index contributed by atoms with van der Waals surface area (Å²) in [5.74, 6) is -4.41. The van der Waals surface area contributed by atoms with Crippen molar-refractivity contribution in [3.8, 4) is 5.75 Å². The van der Waals surface area contributed by atoms with Crippen LogP contribution in [0, 0.1) is 11.6 Å². The number of halogens is 3. The van der Waals surface area contributed by atoms with E-state index in [1.807, 2.05) is 19.0 Å². The van der Waals surface area contributed by atoms with E-state index in [2.05, 4.69) is 0 Å². The molecule has 1 unspecified atom stereocenters. The molecule has 0 aromatic heterocycles. The molecule has 0 bridgehead atoms. The predicted octanol–water partition coefficient (Wildman–Crippen LogP) is 5.32. The highest BCUT2D eigenvalue weighted by Gasteiger charge is 2.47. The van der Waals surface area contributed by atoms with Crippen molar-refractivity contribution < 1.29 is 28.2 Å². The third-order valence-corrected chi connectivity index (χ3v) is 6.11. The monoisotopic (exact) mass is 498 g/mol. The molecule has 9 heteroatoms. The molecule has 1 amide bonds. The number of methoxy groups -OCH3 is 1. The van der Waals surface area contributed by atoms with E-state index in [9.17, 15) is 23.5 Å². The fourth-order valence-electron chi connectivity index (χ4n) is 3.96. The van der Waals surface area contributed by atoms with Gasteiger partial charge in [0.1, 0.15) is 11.5 Å². The average Bonchev–Trinajstić information content (AvgIpc) is 3.11. The molecular weight excluding hydrogens is 478 g/mol. The molecule has 3 aromatic rings. The number of Topliss-reactive ketones (excluding diaryl/α,β-unsaturated/α-hetero) is 1. The largest absolute Gasteiger partial charge is 0.507 e. The van der Waals surface area contributed by atoms with Crippen molar-refractivity contribution in [2.75, 3.05) is 31.0 Å². The topological polar surface area (TPSA) is 70.1 Å². The SMILES string of the molecule is COc1ccc(Cl)c(/C(O)=C2\C(=O)C(=O)N(c3ccc(F)c(F)c3)C2c2ccc(N(C)C)cc2)c1. The standard InChI is InChI=1S/C26H21ClF2N2O4/c1-30(2)15-6-4-14(5-7-15)23-22(24(32)18-13-17(35-3)9-10-19(18)27)25(33)26(34)31(23)16-8-11-20(28)21(29)12-16/h4-13,23,32H,1-3H3/b24-22+. The van der Waals surface area contributed by atoms with Crippen LogP contribution in [0.2, 0.25) is 5.02 Å². The van der Waals surface area contributed by atoms with Gasteiger partial charge in [-0.15, -0.1) is 0 Å². The highest BCUT2D eigenvalue weighted by molar-refractivity contribution is 6.52. The Kier molecular flexibility index (Phi) is 6.49. The first-order valence-electron chi connectivity index (χ1n) is 10.5. The summed E-state index contributed by atoms with van der Waals surface area (Å²) in [6, 6.07) is 13.2. The summed E-state index contributed by atoms with van der Waals surface area (Å²) in [5, 5.41) is 11.4. The molecule has 1 aliphatic heterocycles. The lowest BCUT2D eigenvalue weighted by Gasteiger charge is -2.26. The third kappa shape index (κ3) is 4.33. The Morgan fingerprint density at radius 3 is 2.29 bits per heavy atom. The molecule has 180 valence electrons. The number of aliphatic hydroxyl groups is 1. The minimum Gasteiger partial charge on any atom is -0.507 e. The van der Waals surface area contributed by atoms with Crippen LogP contribution in [0.15, 0.2) is 66.2 Å². The lowest BCUT2D eigenvalue weighted by molar-refractivity contribution is -0.132. The summed E-state index contributed by atoms with van der Waals surface area (Å²) in [5.41, 5.74) is 1.13. The number of carbonyl (C=O) groups is 2. The molecule has 1 aliphatic rings. The van der Waals surface area contributed by atoms with E-state index in [1.54, 1.807) is 30.3 Å². The number of ketones is 1. The van der Waals surface area contributed by atoms with E-state index >= 15 is 0 Å². The van der Waals surface area contributed by atoms with Crippen molar-refractivity contribution >= 4 is 40.4 Å². The van der Waals surface area contributed by atoms with Crippen molar-refractivity contribution in [3.05, 3.63) is 94.0 Å². The quantitative estimate of drug-likeness (QED) is 0.293. The van der Waals surface area contributed by atoms with E-state index in [4.69, 9.17) is 16.3 Å². The number of aliphatic hydroxyl groups excluding tert-OH is 1. The molecule has 0 aliphatic carbocycles. The van der Waals surface area contributed by atoms with Crippen LogP contribution in [-0.2, 0) is 9.59 Å². The van der Waals surface area contributed by atoms with Crippen LogP contribution in [0.1, 0.15) is 17.2 Å². The Labute approximate surface area is 205 Å². The maximum atomic E-state index is 14.1. The van der Waals surface area contributed by atoms with Crippen molar-refractivity contribution in [1.82, 2.24) is 0 Å². The van der Waals surface area contributed by atoms with Gasteiger partial charge >= 0.3 is 0 Å². The van der Waals surface area contributed by atoms with Gasteiger partial charge in [-0.25, -0.2) is 8.78 Å². The van der Waals surface area contributed by atoms with E-state index in [1.165, 1.54) is 25.3 Å². The maximum Gasteiger partial charge on any atom is 0.300 e. The van der Waals surface area contributed by atoms with Gasteiger partial charge in [-0.2, -0.15) is 0 Å². The summed E-state index contributed by atoms with van der Waals surface area (Å²) in [4.78, 5) is 29.3. The average molecular weight is 499 g/mol. The predicted molar refractivity (Wildman–Crippen MR) is 130 cm³/mol. The zero-order valence-electron chi connectivity index (χ0n) is 19.1. The summed E-state index contributed by atoms with van der Waals surface area (Å²) in [7, 11) is 5.14. The molecule has 0 radical (unpaired) electrons. The van der Waals surface area contributed by atoms with Gasteiger partial charge in [0.25, 0.3) is 11.7 Å². The molecule has 1 atom stereocenters. The Hall–Kier alpha value is -3.91.